The van der Waals surface area contributed by atoms with Gasteiger partial charge in [-0.15, -0.1) is 0 Å². The highest BCUT2D eigenvalue weighted by Gasteiger charge is 2.38. The van der Waals surface area contributed by atoms with Gasteiger partial charge in [-0.3, -0.25) is 4.68 Å². The summed E-state index contributed by atoms with van der Waals surface area (Å²) in [5, 5.41) is 14.7. The average Bonchev–Trinajstić information content (AvgIpc) is 2.59. The highest BCUT2D eigenvalue weighted by molar-refractivity contribution is 5.13. The van der Waals surface area contributed by atoms with E-state index in [1.807, 2.05) is 13.1 Å². The predicted molar refractivity (Wildman–Crippen MR) is 58.4 cm³/mol. The molecule has 0 spiro atoms. The number of aromatic nitrogens is 2. The summed E-state index contributed by atoms with van der Waals surface area (Å²) >= 11 is 0. The van der Waals surface area contributed by atoms with Gasteiger partial charge in [-0.05, 0) is 32.9 Å². The molecule has 0 aromatic carbocycles. The summed E-state index contributed by atoms with van der Waals surface area (Å²) in [7, 11) is 3.99. The first kappa shape index (κ1) is 10.6. The van der Waals surface area contributed by atoms with Crippen LogP contribution in [0.5, 0.6) is 0 Å². The van der Waals surface area contributed by atoms with Gasteiger partial charge in [-0.1, -0.05) is 0 Å². The molecule has 4 nitrogen and oxygen atoms in total. The van der Waals surface area contributed by atoms with Crippen LogP contribution in [0.1, 0.15) is 25.5 Å². The number of aryl methyl sites for hydroxylation is 1. The molecule has 1 aliphatic heterocycles. The van der Waals surface area contributed by atoms with Crippen molar-refractivity contribution in [2.24, 2.45) is 7.05 Å². The summed E-state index contributed by atoms with van der Waals surface area (Å²) in [6.45, 7) is 3.09. The van der Waals surface area contributed by atoms with Gasteiger partial charge in [0.25, 0.3) is 0 Å². The summed E-state index contributed by atoms with van der Waals surface area (Å²) in [4.78, 5) is 2.28. The number of rotatable bonds is 1. The average molecular weight is 209 g/mol. The van der Waals surface area contributed by atoms with Crippen LogP contribution in [0.15, 0.2) is 12.3 Å². The molecule has 2 unspecified atom stereocenters. The zero-order valence-corrected chi connectivity index (χ0v) is 9.64. The molecule has 4 heteroatoms. The molecule has 1 aromatic heterocycles. The van der Waals surface area contributed by atoms with Gasteiger partial charge in [0.05, 0.1) is 5.69 Å². The lowest BCUT2D eigenvalue weighted by Crippen LogP contribution is -2.46. The third kappa shape index (κ3) is 1.79. The molecule has 0 saturated carbocycles. The minimum absolute atomic E-state index is 0.415. The molecular formula is C11H19N3O. The van der Waals surface area contributed by atoms with E-state index in [0.29, 0.717) is 6.04 Å². The predicted octanol–water partition coefficient (Wildman–Crippen LogP) is 0.722. The van der Waals surface area contributed by atoms with E-state index in [-0.39, 0.29) is 0 Å². The SMILES string of the molecule is CC1CC(O)(c2ccnn2C)CCN1C. The van der Waals surface area contributed by atoms with Crippen LogP contribution in [0.25, 0.3) is 0 Å². The molecule has 1 aromatic rings. The quantitative estimate of drug-likeness (QED) is 0.741. The van der Waals surface area contributed by atoms with Crippen LogP contribution in [0.3, 0.4) is 0 Å². The van der Waals surface area contributed by atoms with Crippen molar-refractivity contribution in [1.29, 1.82) is 0 Å². The molecule has 0 amide bonds. The van der Waals surface area contributed by atoms with Crippen molar-refractivity contribution in [2.45, 2.75) is 31.4 Å². The molecule has 15 heavy (non-hydrogen) atoms. The molecule has 2 atom stereocenters. The molecule has 0 radical (unpaired) electrons. The van der Waals surface area contributed by atoms with Crippen molar-refractivity contribution in [3.05, 3.63) is 18.0 Å². The second kappa shape index (κ2) is 3.61. The Morgan fingerprint density at radius 1 is 1.53 bits per heavy atom. The fraction of sp³-hybridized carbons (Fsp3) is 0.727. The summed E-state index contributed by atoms with van der Waals surface area (Å²) in [6.07, 6.45) is 3.31. The Kier molecular flexibility index (Phi) is 2.56. The van der Waals surface area contributed by atoms with E-state index < -0.39 is 5.60 Å². The van der Waals surface area contributed by atoms with Gasteiger partial charge in [-0.25, -0.2) is 0 Å². The van der Waals surface area contributed by atoms with Crippen molar-refractivity contribution in [3.8, 4) is 0 Å². The first-order valence-corrected chi connectivity index (χ1v) is 5.44. The van der Waals surface area contributed by atoms with Gasteiger partial charge in [-0.2, -0.15) is 5.10 Å². The van der Waals surface area contributed by atoms with Crippen LogP contribution < -0.4 is 0 Å². The van der Waals surface area contributed by atoms with Crippen LogP contribution in [0, 0.1) is 0 Å². The fourth-order valence-electron chi connectivity index (χ4n) is 2.39. The van der Waals surface area contributed by atoms with E-state index in [0.717, 1.165) is 25.1 Å². The van der Waals surface area contributed by atoms with Crippen LogP contribution in [-0.2, 0) is 12.6 Å². The number of hydrogen-bond acceptors (Lipinski definition) is 3. The second-order valence-electron chi connectivity index (χ2n) is 4.66. The third-order valence-electron chi connectivity index (χ3n) is 3.56. The lowest BCUT2D eigenvalue weighted by Gasteiger charge is -2.40. The third-order valence-corrected chi connectivity index (χ3v) is 3.56. The fourth-order valence-corrected chi connectivity index (χ4v) is 2.39. The summed E-state index contributed by atoms with van der Waals surface area (Å²) in [5.74, 6) is 0. The van der Waals surface area contributed by atoms with Crippen LogP contribution in [0.2, 0.25) is 0 Å². The monoisotopic (exact) mass is 209 g/mol. The second-order valence-corrected chi connectivity index (χ2v) is 4.66. The van der Waals surface area contributed by atoms with Crippen molar-refractivity contribution in [1.82, 2.24) is 14.7 Å². The smallest absolute Gasteiger partial charge is 0.109 e. The number of aliphatic hydroxyl groups is 1. The van der Waals surface area contributed by atoms with E-state index in [2.05, 4.69) is 24.0 Å². The van der Waals surface area contributed by atoms with Gasteiger partial charge in [0.2, 0.25) is 0 Å². The lowest BCUT2D eigenvalue weighted by atomic mass is 9.84. The van der Waals surface area contributed by atoms with E-state index in [9.17, 15) is 5.11 Å². The van der Waals surface area contributed by atoms with Crippen LogP contribution in [-0.4, -0.2) is 39.4 Å². The maximum absolute atomic E-state index is 10.6. The maximum Gasteiger partial charge on any atom is 0.109 e. The first-order valence-electron chi connectivity index (χ1n) is 5.44. The van der Waals surface area contributed by atoms with E-state index in [1.165, 1.54) is 0 Å². The summed E-state index contributed by atoms with van der Waals surface area (Å²) < 4.78 is 1.78. The number of nitrogens with zero attached hydrogens (tertiary/aromatic N) is 3. The minimum atomic E-state index is -0.697. The molecule has 1 saturated heterocycles. The van der Waals surface area contributed by atoms with Crippen molar-refractivity contribution < 1.29 is 5.11 Å². The molecule has 2 rings (SSSR count). The summed E-state index contributed by atoms with van der Waals surface area (Å²) in [6, 6.07) is 2.33. The Balaban J connectivity index is 2.25. The van der Waals surface area contributed by atoms with Crippen LogP contribution in [0.4, 0.5) is 0 Å². The topological polar surface area (TPSA) is 41.3 Å². The maximum atomic E-state index is 10.6. The molecule has 1 fully saturated rings. The standard InChI is InChI=1S/C11H19N3O/c1-9-8-11(15,5-7-13(9)2)10-4-6-12-14(10)3/h4,6,9,15H,5,7-8H2,1-3H3. The Hall–Kier alpha value is -0.870. The first-order chi connectivity index (χ1) is 7.03. The zero-order valence-electron chi connectivity index (χ0n) is 9.64. The highest BCUT2D eigenvalue weighted by Crippen LogP contribution is 2.34. The van der Waals surface area contributed by atoms with E-state index in [1.54, 1.807) is 10.9 Å². The van der Waals surface area contributed by atoms with Crippen molar-refractivity contribution in [2.75, 3.05) is 13.6 Å². The van der Waals surface area contributed by atoms with Gasteiger partial charge in [0.15, 0.2) is 0 Å². The number of likely N-dealkylation sites (tertiary alicyclic amines) is 1. The lowest BCUT2D eigenvalue weighted by molar-refractivity contribution is -0.0465. The Morgan fingerprint density at radius 2 is 2.27 bits per heavy atom. The van der Waals surface area contributed by atoms with Crippen molar-refractivity contribution in [3.63, 3.8) is 0 Å². The van der Waals surface area contributed by atoms with Gasteiger partial charge in [0.1, 0.15) is 5.60 Å². The molecule has 2 heterocycles. The molecule has 84 valence electrons. The van der Waals surface area contributed by atoms with Gasteiger partial charge >= 0.3 is 0 Å². The van der Waals surface area contributed by atoms with Crippen molar-refractivity contribution >= 4 is 0 Å². The molecule has 1 aliphatic rings. The minimum Gasteiger partial charge on any atom is -0.383 e. The highest BCUT2D eigenvalue weighted by atomic mass is 16.3. The van der Waals surface area contributed by atoms with Gasteiger partial charge in [0, 0.05) is 25.8 Å². The Morgan fingerprint density at radius 3 is 2.80 bits per heavy atom. The van der Waals surface area contributed by atoms with E-state index >= 15 is 0 Å². The molecule has 0 bridgehead atoms. The normalized spacial score (nSPS) is 33.2. The Bertz CT molecular complexity index is 349. The zero-order chi connectivity index (χ0) is 11.1. The molecular weight excluding hydrogens is 190 g/mol. The number of piperidine rings is 1. The Labute approximate surface area is 90.5 Å². The molecule has 1 N–H and O–H groups in total. The molecule has 0 aliphatic carbocycles. The van der Waals surface area contributed by atoms with Crippen LogP contribution >= 0.6 is 0 Å². The van der Waals surface area contributed by atoms with E-state index in [4.69, 9.17) is 0 Å². The largest absolute Gasteiger partial charge is 0.383 e. The summed E-state index contributed by atoms with van der Waals surface area (Å²) in [5.41, 5.74) is 0.236. The van der Waals surface area contributed by atoms with Gasteiger partial charge < -0.3 is 10.0 Å². The number of hydrogen-bond donors (Lipinski definition) is 1.